The Hall–Kier alpha value is -0.601. The van der Waals surface area contributed by atoms with E-state index in [1.54, 1.807) is 0 Å². The number of rotatable bonds is 2. The van der Waals surface area contributed by atoms with E-state index in [0.29, 0.717) is 14.5 Å². The summed E-state index contributed by atoms with van der Waals surface area (Å²) in [6, 6.07) is 17.6. The van der Waals surface area contributed by atoms with Crippen LogP contribution in [0.5, 0.6) is 0 Å². The van der Waals surface area contributed by atoms with E-state index in [0.717, 1.165) is 0 Å². The Kier molecular flexibility index (Phi) is 4.56. The number of aryl methyl sites for hydroxylation is 2. The van der Waals surface area contributed by atoms with Crippen LogP contribution in [0, 0.1) is 13.8 Å². The van der Waals surface area contributed by atoms with E-state index < -0.39 is 0 Å². The molecule has 0 amide bonds. The monoisotopic (exact) mass is 468 g/mol. The molecule has 21 heavy (non-hydrogen) atoms. The van der Waals surface area contributed by atoms with Crippen molar-refractivity contribution >= 4 is 46.4 Å². The normalized spacial score (nSPS) is 10.9. The average Bonchev–Trinajstić information content (AvgIpc) is 2.78. The molecule has 0 fully saturated rings. The molecule has 3 rings (SSSR count). The Labute approximate surface area is 148 Å². The standard InChI is InChI=1S/C18H14Br2Se/c1-11-3-7-13(8-4-11)17-15(19)16(20)18(21-17)14-9-5-12(2)6-10-14/h3-10H,1-2H3. The molecule has 0 aliphatic rings. The third kappa shape index (κ3) is 3.12. The third-order valence-electron chi connectivity index (χ3n) is 3.42. The number of benzene rings is 2. The van der Waals surface area contributed by atoms with Crippen molar-refractivity contribution in [1.29, 1.82) is 0 Å². The molecule has 3 heteroatoms. The van der Waals surface area contributed by atoms with E-state index in [2.05, 4.69) is 94.2 Å². The van der Waals surface area contributed by atoms with Crippen molar-refractivity contribution in [3.63, 3.8) is 0 Å². The van der Waals surface area contributed by atoms with Gasteiger partial charge in [0, 0.05) is 0 Å². The van der Waals surface area contributed by atoms with Crippen molar-refractivity contribution in [3.05, 3.63) is 68.6 Å². The van der Waals surface area contributed by atoms with Crippen LogP contribution in [0.4, 0.5) is 0 Å². The van der Waals surface area contributed by atoms with Crippen molar-refractivity contribution in [2.45, 2.75) is 13.8 Å². The van der Waals surface area contributed by atoms with Crippen LogP contribution in [-0.2, 0) is 0 Å². The fourth-order valence-electron chi connectivity index (χ4n) is 2.17. The van der Waals surface area contributed by atoms with E-state index in [9.17, 15) is 0 Å². The van der Waals surface area contributed by atoms with Crippen molar-refractivity contribution in [3.8, 4) is 20.0 Å². The third-order valence-corrected chi connectivity index (χ3v) is 9.42. The van der Waals surface area contributed by atoms with Crippen LogP contribution in [0.1, 0.15) is 11.1 Å². The summed E-state index contributed by atoms with van der Waals surface area (Å²) in [7, 11) is 0. The van der Waals surface area contributed by atoms with Crippen LogP contribution in [0.3, 0.4) is 0 Å². The molecule has 1 aromatic heterocycles. The van der Waals surface area contributed by atoms with Gasteiger partial charge < -0.3 is 0 Å². The molecule has 1 heterocycles. The second-order valence-corrected chi connectivity index (χ2v) is 8.85. The van der Waals surface area contributed by atoms with E-state index >= 15 is 0 Å². The van der Waals surface area contributed by atoms with Gasteiger partial charge in [-0.2, -0.15) is 0 Å². The van der Waals surface area contributed by atoms with Gasteiger partial charge in [-0.25, -0.2) is 0 Å². The summed E-state index contributed by atoms with van der Waals surface area (Å²) in [4.78, 5) is 0. The second kappa shape index (κ2) is 6.26. The Morgan fingerprint density at radius 3 is 1.29 bits per heavy atom. The summed E-state index contributed by atoms with van der Waals surface area (Å²) in [5, 5.41) is 0. The predicted molar refractivity (Wildman–Crippen MR) is 99.1 cm³/mol. The van der Waals surface area contributed by atoms with Gasteiger partial charge in [-0.3, -0.25) is 0 Å². The average molecular weight is 469 g/mol. The zero-order chi connectivity index (χ0) is 15.0. The van der Waals surface area contributed by atoms with E-state index in [1.165, 1.54) is 40.1 Å². The first-order chi connectivity index (χ1) is 10.1. The van der Waals surface area contributed by atoms with Crippen LogP contribution < -0.4 is 0 Å². The van der Waals surface area contributed by atoms with Crippen LogP contribution in [0.2, 0.25) is 0 Å². The van der Waals surface area contributed by atoms with E-state index in [1.807, 2.05) is 0 Å². The van der Waals surface area contributed by atoms with Gasteiger partial charge in [0.15, 0.2) is 0 Å². The Morgan fingerprint density at radius 2 is 0.952 bits per heavy atom. The molecule has 106 valence electrons. The molecule has 0 atom stereocenters. The van der Waals surface area contributed by atoms with Crippen LogP contribution in [-0.4, -0.2) is 14.5 Å². The molecular formula is C18H14Br2Se. The fourth-order valence-corrected chi connectivity index (χ4v) is 6.76. The van der Waals surface area contributed by atoms with Gasteiger partial charge in [0.2, 0.25) is 0 Å². The Bertz CT molecular complexity index is 702. The van der Waals surface area contributed by atoms with Gasteiger partial charge >= 0.3 is 149 Å². The number of hydrogen-bond acceptors (Lipinski definition) is 0. The van der Waals surface area contributed by atoms with Gasteiger partial charge in [-0.05, 0) is 0 Å². The maximum atomic E-state index is 3.77. The molecule has 0 bridgehead atoms. The fraction of sp³-hybridized carbons (Fsp3) is 0.111. The number of hydrogen-bond donors (Lipinski definition) is 0. The van der Waals surface area contributed by atoms with Crippen LogP contribution >= 0.6 is 31.9 Å². The summed E-state index contributed by atoms with van der Waals surface area (Å²) in [5.74, 6) is 0. The molecule has 0 radical (unpaired) electrons. The quantitative estimate of drug-likeness (QED) is 0.391. The summed E-state index contributed by atoms with van der Waals surface area (Å²) in [6.45, 7) is 4.25. The molecule has 0 aliphatic heterocycles. The first kappa shape index (κ1) is 15.3. The number of halogens is 2. The van der Waals surface area contributed by atoms with E-state index in [4.69, 9.17) is 0 Å². The molecule has 0 nitrogen and oxygen atoms in total. The Morgan fingerprint density at radius 1 is 0.619 bits per heavy atom. The molecule has 2 aromatic carbocycles. The van der Waals surface area contributed by atoms with Gasteiger partial charge in [-0.15, -0.1) is 0 Å². The van der Waals surface area contributed by atoms with Gasteiger partial charge in [0.1, 0.15) is 0 Å². The summed E-state index contributed by atoms with van der Waals surface area (Å²) in [6.07, 6.45) is 0. The molecular weight excluding hydrogens is 455 g/mol. The van der Waals surface area contributed by atoms with Gasteiger partial charge in [0.25, 0.3) is 0 Å². The molecule has 3 aromatic rings. The van der Waals surface area contributed by atoms with Gasteiger partial charge in [-0.1, -0.05) is 0 Å². The summed E-state index contributed by atoms with van der Waals surface area (Å²) in [5.41, 5.74) is 5.22. The van der Waals surface area contributed by atoms with Crippen LogP contribution in [0.25, 0.3) is 20.0 Å². The summed E-state index contributed by atoms with van der Waals surface area (Å²) >= 11 is 7.84. The van der Waals surface area contributed by atoms with Crippen molar-refractivity contribution in [1.82, 2.24) is 0 Å². The topological polar surface area (TPSA) is 0 Å². The second-order valence-electron chi connectivity index (χ2n) is 5.12. The first-order valence-electron chi connectivity index (χ1n) is 6.68. The van der Waals surface area contributed by atoms with Crippen LogP contribution in [0.15, 0.2) is 57.5 Å². The maximum absolute atomic E-state index is 3.77. The van der Waals surface area contributed by atoms with Gasteiger partial charge in [0.05, 0.1) is 0 Å². The molecule has 0 aliphatic carbocycles. The van der Waals surface area contributed by atoms with Crippen molar-refractivity contribution < 1.29 is 0 Å². The van der Waals surface area contributed by atoms with E-state index in [-0.39, 0.29) is 0 Å². The van der Waals surface area contributed by atoms with Crippen molar-refractivity contribution in [2.75, 3.05) is 0 Å². The molecule has 0 saturated heterocycles. The minimum atomic E-state index is 0.308. The minimum absolute atomic E-state index is 0.308. The zero-order valence-corrected chi connectivity index (χ0v) is 16.7. The first-order valence-corrected chi connectivity index (χ1v) is 9.98. The Balaban J connectivity index is 2.11. The SMILES string of the molecule is Cc1ccc(-c2[se]c(-c3ccc(C)cc3)c(Br)c2Br)cc1. The predicted octanol–water partition coefficient (Wildman–Crippen LogP) is 6.22. The molecule has 0 N–H and O–H groups in total. The molecule has 0 unspecified atom stereocenters. The molecule has 0 spiro atoms. The van der Waals surface area contributed by atoms with Crippen molar-refractivity contribution in [2.24, 2.45) is 0 Å². The zero-order valence-electron chi connectivity index (χ0n) is 11.8. The molecule has 0 saturated carbocycles. The summed E-state index contributed by atoms with van der Waals surface area (Å²) < 4.78 is 5.21.